The number of hydrogen-bond acceptors (Lipinski definition) is 7. The van der Waals surface area contributed by atoms with Crippen molar-refractivity contribution < 1.29 is 22.9 Å². The van der Waals surface area contributed by atoms with Crippen LogP contribution in [-0.2, 0) is 34.5 Å². The normalized spacial score (nSPS) is 16.3. The van der Waals surface area contributed by atoms with Gasteiger partial charge in [-0.1, -0.05) is 5.16 Å². The van der Waals surface area contributed by atoms with E-state index in [0.717, 1.165) is 6.07 Å². The Hall–Kier alpha value is -3.67. The first kappa shape index (κ1) is 25.4. The summed E-state index contributed by atoms with van der Waals surface area (Å²) in [6.45, 7) is 6.91. The van der Waals surface area contributed by atoms with E-state index in [1.165, 1.54) is 12.4 Å². The molecule has 1 aliphatic rings. The highest BCUT2D eigenvalue weighted by atomic mass is 19.1. The molecular formula is C24H29F2N7O3. The van der Waals surface area contributed by atoms with Gasteiger partial charge >= 0.3 is 0 Å². The zero-order valence-electron chi connectivity index (χ0n) is 20.6. The number of aromatic nitrogens is 4. The van der Waals surface area contributed by atoms with Gasteiger partial charge in [-0.05, 0) is 64.2 Å². The molecule has 10 nitrogen and oxygen atoms in total. The second-order valence-electron chi connectivity index (χ2n) is 9.49. The van der Waals surface area contributed by atoms with Gasteiger partial charge in [-0.25, -0.2) is 13.8 Å². The minimum Gasteiger partial charge on any atom is -0.345 e. The largest absolute Gasteiger partial charge is 0.345 e. The quantitative estimate of drug-likeness (QED) is 0.433. The van der Waals surface area contributed by atoms with E-state index in [1.807, 2.05) is 0 Å². The van der Waals surface area contributed by atoms with E-state index in [2.05, 4.69) is 31.1 Å². The van der Waals surface area contributed by atoms with Crippen LogP contribution in [-0.4, -0.2) is 43.6 Å². The number of nitrogens with zero attached hydrogens (tertiary/aromatic N) is 4. The van der Waals surface area contributed by atoms with Gasteiger partial charge in [0.15, 0.2) is 11.6 Å². The van der Waals surface area contributed by atoms with Crippen LogP contribution in [0.4, 0.5) is 14.6 Å². The summed E-state index contributed by atoms with van der Waals surface area (Å²) in [6.07, 6.45) is 4.60. The molecule has 2 unspecified atom stereocenters. The lowest BCUT2D eigenvalue weighted by atomic mass is 9.87. The molecule has 0 saturated carbocycles. The van der Waals surface area contributed by atoms with Crippen molar-refractivity contribution in [2.75, 3.05) is 5.32 Å². The van der Waals surface area contributed by atoms with Crippen LogP contribution in [0, 0.1) is 18.6 Å². The predicted molar refractivity (Wildman–Crippen MR) is 126 cm³/mol. The zero-order chi connectivity index (χ0) is 26.0. The number of benzene rings is 1. The van der Waals surface area contributed by atoms with E-state index in [0.29, 0.717) is 42.1 Å². The van der Waals surface area contributed by atoms with Crippen molar-refractivity contribution in [1.29, 1.82) is 0 Å². The Balaban J connectivity index is 1.32. The highest BCUT2D eigenvalue weighted by Crippen LogP contribution is 2.25. The fourth-order valence-corrected chi connectivity index (χ4v) is 4.19. The summed E-state index contributed by atoms with van der Waals surface area (Å²) in [6, 6.07) is 1.55. The SMILES string of the molecule is Cc1noc(CNC(=O)C(C)(C)n2cnc(NC(=O)C(C)NC3CCc4cc(F)cc(F)c4C3)c2)n1. The lowest BCUT2D eigenvalue weighted by molar-refractivity contribution is -0.128. The molecule has 0 bridgehead atoms. The number of imidazole rings is 1. The summed E-state index contributed by atoms with van der Waals surface area (Å²) in [7, 11) is 0. The number of fused-ring (bicyclic) bond motifs is 1. The maximum Gasteiger partial charge on any atom is 0.246 e. The molecule has 0 spiro atoms. The van der Waals surface area contributed by atoms with E-state index in [-0.39, 0.29) is 30.2 Å². The first-order chi connectivity index (χ1) is 17.0. The summed E-state index contributed by atoms with van der Waals surface area (Å²) >= 11 is 0. The molecule has 4 rings (SSSR count). The standard InChI is InChI=1S/C24H29F2N7O3/c1-13(29-17-6-5-15-7-16(25)8-19(26)18(15)9-17)22(34)31-20-11-33(12-28-20)24(3,4)23(35)27-10-21-30-14(2)32-36-21/h7-8,11-13,17,29H,5-6,9-10H2,1-4H3,(H,27,35)(H,31,34). The molecule has 1 aromatic carbocycles. The average molecular weight is 502 g/mol. The Kier molecular flexibility index (Phi) is 7.16. The minimum absolute atomic E-state index is 0.0923. The summed E-state index contributed by atoms with van der Waals surface area (Å²) in [5.74, 6) is -0.683. The van der Waals surface area contributed by atoms with Crippen LogP contribution in [0.1, 0.15) is 50.0 Å². The first-order valence-corrected chi connectivity index (χ1v) is 11.7. The van der Waals surface area contributed by atoms with Gasteiger partial charge in [-0.3, -0.25) is 9.59 Å². The van der Waals surface area contributed by atoms with Crippen molar-refractivity contribution in [3.63, 3.8) is 0 Å². The zero-order valence-corrected chi connectivity index (χ0v) is 20.6. The van der Waals surface area contributed by atoms with Gasteiger partial charge in [-0.2, -0.15) is 4.98 Å². The first-order valence-electron chi connectivity index (χ1n) is 11.7. The van der Waals surface area contributed by atoms with E-state index in [1.54, 1.807) is 38.5 Å². The van der Waals surface area contributed by atoms with Crippen molar-refractivity contribution in [2.24, 2.45) is 0 Å². The Morgan fingerprint density at radius 1 is 1.31 bits per heavy atom. The molecule has 2 atom stereocenters. The van der Waals surface area contributed by atoms with Crippen LogP contribution < -0.4 is 16.0 Å². The number of amides is 2. The number of aryl methyl sites for hydroxylation is 2. The number of halogens is 2. The summed E-state index contributed by atoms with van der Waals surface area (Å²) in [5, 5.41) is 12.4. The van der Waals surface area contributed by atoms with Gasteiger partial charge in [0, 0.05) is 18.3 Å². The lowest BCUT2D eigenvalue weighted by Gasteiger charge is -2.28. The number of hydrogen-bond donors (Lipinski definition) is 3. The Labute approximate surface area is 206 Å². The van der Waals surface area contributed by atoms with Gasteiger partial charge in [0.2, 0.25) is 17.7 Å². The Morgan fingerprint density at radius 2 is 2.08 bits per heavy atom. The Bertz CT molecular complexity index is 1270. The van der Waals surface area contributed by atoms with Crippen LogP contribution in [0.5, 0.6) is 0 Å². The fraction of sp³-hybridized carbons (Fsp3) is 0.458. The molecule has 12 heteroatoms. The third-order valence-corrected chi connectivity index (χ3v) is 6.35. The molecule has 0 saturated heterocycles. The van der Waals surface area contributed by atoms with Gasteiger partial charge < -0.3 is 25.0 Å². The van der Waals surface area contributed by atoms with E-state index in [9.17, 15) is 18.4 Å². The monoisotopic (exact) mass is 501 g/mol. The van der Waals surface area contributed by atoms with Gasteiger partial charge in [-0.15, -0.1) is 0 Å². The van der Waals surface area contributed by atoms with Crippen LogP contribution in [0.2, 0.25) is 0 Å². The van der Waals surface area contributed by atoms with Gasteiger partial charge in [0.1, 0.15) is 17.2 Å². The molecule has 0 fully saturated rings. The number of carbonyl (C=O) groups excluding carboxylic acids is 2. The number of rotatable bonds is 8. The van der Waals surface area contributed by atoms with Gasteiger partial charge in [0.25, 0.3) is 0 Å². The van der Waals surface area contributed by atoms with E-state index in [4.69, 9.17) is 4.52 Å². The molecule has 3 N–H and O–H groups in total. The lowest BCUT2D eigenvalue weighted by Crippen LogP contribution is -2.46. The van der Waals surface area contributed by atoms with Crippen LogP contribution in [0.3, 0.4) is 0 Å². The van der Waals surface area contributed by atoms with Crippen LogP contribution in [0.25, 0.3) is 0 Å². The molecule has 0 aliphatic heterocycles. The molecular weight excluding hydrogens is 472 g/mol. The molecule has 2 heterocycles. The van der Waals surface area contributed by atoms with E-state index < -0.39 is 23.2 Å². The second kappa shape index (κ2) is 10.1. The van der Waals surface area contributed by atoms with Gasteiger partial charge in [0.05, 0.1) is 18.9 Å². The second-order valence-corrected chi connectivity index (χ2v) is 9.49. The molecule has 0 radical (unpaired) electrons. The topological polar surface area (TPSA) is 127 Å². The smallest absolute Gasteiger partial charge is 0.246 e. The van der Waals surface area contributed by atoms with E-state index >= 15 is 0 Å². The summed E-state index contributed by atoms with van der Waals surface area (Å²) < 4.78 is 34.2. The third kappa shape index (κ3) is 5.59. The fourth-order valence-electron chi connectivity index (χ4n) is 4.19. The maximum absolute atomic E-state index is 14.2. The summed E-state index contributed by atoms with van der Waals surface area (Å²) in [5.41, 5.74) is 0.154. The van der Waals surface area contributed by atoms with Crippen molar-refractivity contribution in [3.05, 3.63) is 59.1 Å². The van der Waals surface area contributed by atoms with Crippen molar-refractivity contribution in [3.8, 4) is 0 Å². The van der Waals surface area contributed by atoms with Crippen molar-refractivity contribution in [2.45, 2.75) is 71.1 Å². The predicted octanol–water partition coefficient (Wildman–Crippen LogP) is 2.38. The molecule has 3 aromatic rings. The molecule has 36 heavy (non-hydrogen) atoms. The molecule has 1 aliphatic carbocycles. The van der Waals surface area contributed by atoms with Crippen LogP contribution >= 0.6 is 0 Å². The highest BCUT2D eigenvalue weighted by molar-refractivity contribution is 5.93. The Morgan fingerprint density at radius 3 is 2.81 bits per heavy atom. The number of nitrogens with one attached hydrogen (secondary N) is 3. The third-order valence-electron chi connectivity index (χ3n) is 6.35. The number of carbonyl (C=O) groups is 2. The highest BCUT2D eigenvalue weighted by Gasteiger charge is 2.31. The minimum atomic E-state index is -1.01. The van der Waals surface area contributed by atoms with Crippen LogP contribution in [0.15, 0.2) is 29.2 Å². The molecule has 2 aromatic heterocycles. The van der Waals surface area contributed by atoms with Crippen molar-refractivity contribution >= 4 is 17.6 Å². The molecule has 192 valence electrons. The maximum atomic E-state index is 14.2. The number of anilines is 1. The molecule has 2 amide bonds. The summed E-state index contributed by atoms with van der Waals surface area (Å²) in [4.78, 5) is 33.7. The average Bonchev–Trinajstić information content (AvgIpc) is 3.47. The van der Waals surface area contributed by atoms with Crippen molar-refractivity contribution in [1.82, 2.24) is 30.3 Å².